The topological polar surface area (TPSA) is 32.5 Å². The number of halogens is 1. The molecule has 1 atom stereocenters. The lowest BCUT2D eigenvalue weighted by atomic mass is 10.0. The number of anilines is 1. The number of piperidine rings is 1. The monoisotopic (exact) mass is 295 g/mol. The average molecular weight is 296 g/mol. The van der Waals surface area contributed by atoms with Crippen molar-refractivity contribution in [1.29, 1.82) is 0 Å². The molecule has 1 aromatic rings. The second-order valence-corrected chi connectivity index (χ2v) is 6.18. The minimum absolute atomic E-state index is 0.0275. The number of nitrogens with zero attached hydrogens (tertiary/aromatic N) is 2. The molecule has 0 aliphatic carbocycles. The van der Waals surface area contributed by atoms with E-state index in [2.05, 4.69) is 35.9 Å². The molecule has 1 heterocycles. The molecule has 4 heteroatoms. The van der Waals surface area contributed by atoms with E-state index in [4.69, 9.17) is 17.3 Å². The van der Waals surface area contributed by atoms with Gasteiger partial charge in [0.15, 0.2) is 0 Å². The Morgan fingerprint density at radius 1 is 1.40 bits per heavy atom. The molecule has 1 aliphatic heterocycles. The summed E-state index contributed by atoms with van der Waals surface area (Å²) in [7, 11) is 2.15. The summed E-state index contributed by atoms with van der Waals surface area (Å²) in [5, 5.41) is 0.806. The van der Waals surface area contributed by atoms with Crippen LogP contribution in [0, 0.1) is 0 Å². The van der Waals surface area contributed by atoms with Gasteiger partial charge >= 0.3 is 0 Å². The Bertz CT molecular complexity index is 439. The van der Waals surface area contributed by atoms with Crippen LogP contribution in [-0.4, -0.2) is 37.6 Å². The molecule has 1 aliphatic rings. The van der Waals surface area contributed by atoms with Crippen LogP contribution in [0.5, 0.6) is 0 Å². The van der Waals surface area contributed by atoms with Gasteiger partial charge in [0.25, 0.3) is 0 Å². The van der Waals surface area contributed by atoms with Gasteiger partial charge in [-0.1, -0.05) is 24.6 Å². The minimum atomic E-state index is 0.0275. The van der Waals surface area contributed by atoms with Crippen LogP contribution in [-0.2, 0) is 0 Å². The second kappa shape index (κ2) is 6.79. The zero-order chi connectivity index (χ0) is 14.7. The first-order valence-corrected chi connectivity index (χ1v) is 7.91. The molecule has 20 heavy (non-hydrogen) atoms. The SMILES string of the molecule is CCN1CCC(N(C)c2ccc([C@H](C)N)cc2Cl)CC1. The Balaban J connectivity index is 2.07. The minimum Gasteiger partial charge on any atom is -0.370 e. The van der Waals surface area contributed by atoms with Gasteiger partial charge in [0.2, 0.25) is 0 Å². The van der Waals surface area contributed by atoms with Crippen molar-refractivity contribution in [2.24, 2.45) is 5.73 Å². The zero-order valence-corrected chi connectivity index (χ0v) is 13.5. The number of benzene rings is 1. The third-order valence-corrected chi connectivity index (χ3v) is 4.73. The largest absolute Gasteiger partial charge is 0.370 e. The summed E-state index contributed by atoms with van der Waals surface area (Å²) in [6.45, 7) is 7.73. The van der Waals surface area contributed by atoms with E-state index in [1.54, 1.807) is 0 Å². The van der Waals surface area contributed by atoms with Gasteiger partial charge in [0, 0.05) is 32.2 Å². The quantitative estimate of drug-likeness (QED) is 0.925. The Morgan fingerprint density at radius 2 is 2.05 bits per heavy atom. The van der Waals surface area contributed by atoms with Crippen molar-refractivity contribution >= 4 is 17.3 Å². The first-order valence-electron chi connectivity index (χ1n) is 7.53. The summed E-state index contributed by atoms with van der Waals surface area (Å²) in [5.74, 6) is 0. The number of likely N-dealkylation sites (tertiary alicyclic amines) is 1. The van der Waals surface area contributed by atoms with Crippen molar-refractivity contribution in [1.82, 2.24) is 4.90 Å². The Morgan fingerprint density at radius 3 is 2.55 bits per heavy atom. The van der Waals surface area contributed by atoms with E-state index in [1.807, 2.05) is 13.0 Å². The van der Waals surface area contributed by atoms with Gasteiger partial charge in [-0.3, -0.25) is 0 Å². The van der Waals surface area contributed by atoms with Crippen LogP contribution >= 0.6 is 11.6 Å². The molecule has 0 spiro atoms. The molecular weight excluding hydrogens is 270 g/mol. The van der Waals surface area contributed by atoms with Crippen LogP contribution in [0.15, 0.2) is 18.2 Å². The highest BCUT2D eigenvalue weighted by Gasteiger charge is 2.23. The van der Waals surface area contributed by atoms with Gasteiger partial charge in [-0.2, -0.15) is 0 Å². The van der Waals surface area contributed by atoms with Gasteiger partial charge < -0.3 is 15.5 Å². The summed E-state index contributed by atoms with van der Waals surface area (Å²) >= 11 is 6.44. The third kappa shape index (κ3) is 3.46. The predicted molar refractivity (Wildman–Crippen MR) is 87.6 cm³/mol. The van der Waals surface area contributed by atoms with E-state index >= 15 is 0 Å². The molecule has 0 amide bonds. The fraction of sp³-hybridized carbons (Fsp3) is 0.625. The average Bonchev–Trinajstić information content (AvgIpc) is 2.46. The standard InChI is InChI=1S/C16H26ClN3/c1-4-20-9-7-14(8-10-20)19(3)16-6-5-13(12(2)18)11-15(16)17/h5-6,11-12,14H,4,7-10,18H2,1-3H3/t12-/m0/s1. The molecule has 1 aromatic carbocycles. The van der Waals surface area contributed by atoms with Crippen molar-refractivity contribution in [2.75, 3.05) is 31.6 Å². The summed E-state index contributed by atoms with van der Waals surface area (Å²) < 4.78 is 0. The molecule has 0 aromatic heterocycles. The second-order valence-electron chi connectivity index (χ2n) is 5.78. The molecule has 1 fully saturated rings. The van der Waals surface area contributed by atoms with Gasteiger partial charge in [-0.05, 0) is 44.0 Å². The number of hydrogen-bond acceptors (Lipinski definition) is 3. The van der Waals surface area contributed by atoms with Gasteiger partial charge in [0.1, 0.15) is 0 Å². The molecule has 3 nitrogen and oxygen atoms in total. The third-order valence-electron chi connectivity index (χ3n) is 4.43. The Labute approximate surface area is 127 Å². The molecular formula is C16H26ClN3. The first-order chi connectivity index (χ1) is 9.52. The van der Waals surface area contributed by atoms with Crippen molar-refractivity contribution in [3.8, 4) is 0 Å². The summed E-state index contributed by atoms with van der Waals surface area (Å²) in [5.41, 5.74) is 8.11. The van der Waals surface area contributed by atoms with Crippen molar-refractivity contribution in [2.45, 2.75) is 38.8 Å². The van der Waals surface area contributed by atoms with Gasteiger partial charge in [-0.15, -0.1) is 0 Å². The first kappa shape index (κ1) is 15.6. The molecule has 1 saturated heterocycles. The van der Waals surface area contributed by atoms with Crippen LogP contribution in [0.25, 0.3) is 0 Å². The van der Waals surface area contributed by atoms with E-state index < -0.39 is 0 Å². The molecule has 0 saturated carbocycles. The highest BCUT2D eigenvalue weighted by Crippen LogP contribution is 2.31. The Hall–Kier alpha value is -0.770. The zero-order valence-electron chi connectivity index (χ0n) is 12.8. The molecule has 2 rings (SSSR count). The lowest BCUT2D eigenvalue weighted by Gasteiger charge is -2.37. The highest BCUT2D eigenvalue weighted by molar-refractivity contribution is 6.33. The van der Waals surface area contributed by atoms with Crippen LogP contribution in [0.3, 0.4) is 0 Å². The van der Waals surface area contributed by atoms with Crippen LogP contribution in [0.1, 0.15) is 38.3 Å². The predicted octanol–water partition coefficient (Wildman–Crippen LogP) is 3.28. The van der Waals surface area contributed by atoms with Crippen LogP contribution in [0.2, 0.25) is 5.02 Å². The maximum Gasteiger partial charge on any atom is 0.0642 e. The molecule has 0 radical (unpaired) electrons. The number of rotatable bonds is 4. The van der Waals surface area contributed by atoms with Gasteiger partial charge in [0.05, 0.1) is 10.7 Å². The summed E-state index contributed by atoms with van der Waals surface area (Å²) in [6.07, 6.45) is 2.41. The maximum absolute atomic E-state index is 6.44. The van der Waals surface area contributed by atoms with E-state index in [0.29, 0.717) is 6.04 Å². The van der Waals surface area contributed by atoms with E-state index in [9.17, 15) is 0 Å². The van der Waals surface area contributed by atoms with Crippen molar-refractivity contribution in [3.05, 3.63) is 28.8 Å². The molecule has 2 N–H and O–H groups in total. The fourth-order valence-corrected chi connectivity index (χ4v) is 3.23. The summed E-state index contributed by atoms with van der Waals surface area (Å²) in [6, 6.07) is 6.80. The van der Waals surface area contributed by atoms with Crippen LogP contribution < -0.4 is 10.6 Å². The van der Waals surface area contributed by atoms with E-state index in [0.717, 1.165) is 22.8 Å². The van der Waals surface area contributed by atoms with Crippen LogP contribution in [0.4, 0.5) is 5.69 Å². The van der Waals surface area contributed by atoms with E-state index in [1.165, 1.54) is 25.9 Å². The lowest BCUT2D eigenvalue weighted by molar-refractivity contribution is 0.221. The number of nitrogens with two attached hydrogens (primary N) is 1. The van der Waals surface area contributed by atoms with Crippen molar-refractivity contribution in [3.63, 3.8) is 0 Å². The molecule has 112 valence electrons. The lowest BCUT2D eigenvalue weighted by Crippen LogP contribution is -2.43. The molecule has 0 unspecified atom stereocenters. The van der Waals surface area contributed by atoms with Crippen molar-refractivity contribution < 1.29 is 0 Å². The highest BCUT2D eigenvalue weighted by atomic mass is 35.5. The smallest absolute Gasteiger partial charge is 0.0642 e. The molecule has 0 bridgehead atoms. The maximum atomic E-state index is 6.44. The normalized spacial score (nSPS) is 19.1. The fourth-order valence-electron chi connectivity index (χ4n) is 2.91. The van der Waals surface area contributed by atoms with Gasteiger partial charge in [-0.25, -0.2) is 0 Å². The Kier molecular flexibility index (Phi) is 5.30. The van der Waals surface area contributed by atoms with E-state index in [-0.39, 0.29) is 6.04 Å². The number of hydrogen-bond donors (Lipinski definition) is 1. The summed E-state index contributed by atoms with van der Waals surface area (Å²) in [4.78, 5) is 4.84.